The van der Waals surface area contributed by atoms with Gasteiger partial charge in [0.2, 0.25) is 0 Å². The van der Waals surface area contributed by atoms with Gasteiger partial charge in [0.15, 0.2) is 0 Å². The van der Waals surface area contributed by atoms with Crippen LogP contribution in [0.1, 0.15) is 11.3 Å². The molecule has 102 valence electrons. The lowest BCUT2D eigenvalue weighted by Crippen LogP contribution is -2.04. The molecule has 0 aliphatic heterocycles. The van der Waals surface area contributed by atoms with Gasteiger partial charge in [-0.15, -0.1) is 0 Å². The van der Waals surface area contributed by atoms with E-state index in [0.29, 0.717) is 16.8 Å². The lowest BCUT2D eigenvalue weighted by molar-refractivity contribution is -0.137. The van der Waals surface area contributed by atoms with E-state index in [1.54, 1.807) is 12.1 Å². The summed E-state index contributed by atoms with van der Waals surface area (Å²) in [4.78, 5) is 4.04. The Morgan fingerprint density at radius 1 is 1.10 bits per heavy atom. The maximum Gasteiger partial charge on any atom is 0.416 e. The van der Waals surface area contributed by atoms with Crippen molar-refractivity contribution in [2.45, 2.75) is 12.6 Å². The molecule has 0 atom stereocenters. The molecule has 2 aromatic rings. The highest BCUT2D eigenvalue weighted by atomic mass is 19.4. The van der Waals surface area contributed by atoms with Gasteiger partial charge >= 0.3 is 6.18 Å². The van der Waals surface area contributed by atoms with Crippen molar-refractivity contribution in [2.24, 2.45) is 0 Å². The number of benzene rings is 1. The quantitative estimate of drug-likeness (QED) is 0.914. The second-order valence-corrected chi connectivity index (χ2v) is 4.14. The number of nitriles is 1. The molecule has 0 saturated carbocycles. The van der Waals surface area contributed by atoms with Crippen LogP contribution < -0.4 is 5.73 Å². The summed E-state index contributed by atoms with van der Waals surface area (Å²) >= 11 is 0. The van der Waals surface area contributed by atoms with Crippen LogP contribution in [0.2, 0.25) is 0 Å². The molecule has 0 saturated heterocycles. The Labute approximate surface area is 113 Å². The zero-order valence-corrected chi connectivity index (χ0v) is 10.3. The molecule has 6 heteroatoms. The average Bonchev–Trinajstić information content (AvgIpc) is 2.38. The molecular formula is C14H10F3N3. The molecule has 0 spiro atoms. The molecule has 0 unspecified atom stereocenters. The fourth-order valence-electron chi connectivity index (χ4n) is 1.83. The number of halogens is 3. The first-order valence-electron chi connectivity index (χ1n) is 5.72. The van der Waals surface area contributed by atoms with Gasteiger partial charge in [0.25, 0.3) is 0 Å². The molecule has 0 bridgehead atoms. The fraction of sp³-hybridized carbons (Fsp3) is 0.143. The summed E-state index contributed by atoms with van der Waals surface area (Å²) in [6.07, 6.45) is -4.32. The molecule has 0 amide bonds. The zero-order valence-electron chi connectivity index (χ0n) is 10.3. The average molecular weight is 277 g/mol. The summed E-state index contributed by atoms with van der Waals surface area (Å²) in [6.45, 7) is 0. The molecule has 3 nitrogen and oxygen atoms in total. The number of pyridine rings is 1. The van der Waals surface area contributed by atoms with Gasteiger partial charge in [-0.05, 0) is 29.8 Å². The summed E-state index contributed by atoms with van der Waals surface area (Å²) in [7, 11) is 0. The minimum absolute atomic E-state index is 0.0431. The van der Waals surface area contributed by atoms with E-state index in [9.17, 15) is 13.2 Å². The summed E-state index contributed by atoms with van der Waals surface area (Å²) in [5, 5.41) is 8.75. The third kappa shape index (κ3) is 2.88. The topological polar surface area (TPSA) is 62.7 Å². The van der Waals surface area contributed by atoms with Crippen LogP contribution in [0, 0.1) is 11.3 Å². The first-order chi connectivity index (χ1) is 9.41. The highest BCUT2D eigenvalue weighted by Gasteiger charge is 2.30. The van der Waals surface area contributed by atoms with Crippen LogP contribution in [0.4, 0.5) is 19.0 Å². The van der Waals surface area contributed by atoms with Crippen LogP contribution in [-0.4, -0.2) is 4.98 Å². The molecule has 2 rings (SSSR count). The number of hydrogen-bond donors (Lipinski definition) is 1. The van der Waals surface area contributed by atoms with Crippen LogP contribution >= 0.6 is 0 Å². The molecule has 20 heavy (non-hydrogen) atoms. The van der Waals surface area contributed by atoms with E-state index in [1.807, 2.05) is 6.07 Å². The molecular weight excluding hydrogens is 267 g/mol. The Morgan fingerprint density at radius 2 is 1.75 bits per heavy atom. The van der Waals surface area contributed by atoms with Crippen molar-refractivity contribution in [1.29, 1.82) is 5.26 Å². The number of alkyl halides is 3. The van der Waals surface area contributed by atoms with Gasteiger partial charge in [-0.3, -0.25) is 0 Å². The van der Waals surface area contributed by atoms with E-state index in [0.717, 1.165) is 12.1 Å². The van der Waals surface area contributed by atoms with E-state index in [4.69, 9.17) is 11.0 Å². The van der Waals surface area contributed by atoms with Crippen LogP contribution in [0.3, 0.4) is 0 Å². The second kappa shape index (κ2) is 5.21. The number of anilines is 1. The lowest BCUT2D eigenvalue weighted by Gasteiger charge is -2.10. The van der Waals surface area contributed by atoms with Crippen molar-refractivity contribution in [3.05, 3.63) is 47.7 Å². The highest BCUT2D eigenvalue weighted by Crippen LogP contribution is 2.31. The van der Waals surface area contributed by atoms with Crippen LogP contribution in [-0.2, 0) is 12.6 Å². The van der Waals surface area contributed by atoms with Crippen molar-refractivity contribution in [3.8, 4) is 17.2 Å². The second-order valence-electron chi connectivity index (χ2n) is 4.14. The minimum Gasteiger partial charge on any atom is -0.384 e. The zero-order chi connectivity index (χ0) is 14.8. The lowest BCUT2D eigenvalue weighted by atomic mass is 10.0. The molecule has 0 aliphatic rings. The van der Waals surface area contributed by atoms with E-state index >= 15 is 0 Å². The van der Waals surface area contributed by atoms with Crippen molar-refractivity contribution < 1.29 is 13.2 Å². The van der Waals surface area contributed by atoms with E-state index in [-0.39, 0.29) is 12.2 Å². The Kier molecular flexibility index (Phi) is 3.61. The van der Waals surface area contributed by atoms with Crippen molar-refractivity contribution in [3.63, 3.8) is 0 Å². The van der Waals surface area contributed by atoms with Gasteiger partial charge in [0.1, 0.15) is 5.82 Å². The fourth-order valence-corrected chi connectivity index (χ4v) is 1.83. The van der Waals surface area contributed by atoms with Crippen molar-refractivity contribution >= 4 is 5.82 Å². The predicted octanol–water partition coefficient (Wildman–Crippen LogP) is 3.42. The van der Waals surface area contributed by atoms with E-state index < -0.39 is 11.7 Å². The van der Waals surface area contributed by atoms with Gasteiger partial charge in [0, 0.05) is 5.56 Å². The molecule has 0 aliphatic carbocycles. The van der Waals surface area contributed by atoms with E-state index in [2.05, 4.69) is 4.98 Å². The summed E-state index contributed by atoms with van der Waals surface area (Å²) < 4.78 is 37.5. The first-order valence-corrected chi connectivity index (χ1v) is 5.72. The predicted molar refractivity (Wildman–Crippen MR) is 68.4 cm³/mol. The summed E-state index contributed by atoms with van der Waals surface area (Å²) in [5.74, 6) is 0.269. The number of rotatable bonds is 2. The van der Waals surface area contributed by atoms with Crippen LogP contribution in [0.25, 0.3) is 11.1 Å². The Morgan fingerprint density at radius 3 is 2.30 bits per heavy atom. The number of hydrogen-bond acceptors (Lipinski definition) is 3. The summed E-state index contributed by atoms with van der Waals surface area (Å²) in [6, 6.07) is 9.88. The maximum atomic E-state index is 12.5. The Bertz CT molecular complexity index is 655. The Hall–Kier alpha value is -2.55. The number of nitrogen functional groups attached to an aromatic ring is 1. The van der Waals surface area contributed by atoms with Crippen LogP contribution in [0.5, 0.6) is 0 Å². The molecule has 1 aromatic carbocycles. The smallest absolute Gasteiger partial charge is 0.384 e. The number of nitrogens with two attached hydrogens (primary N) is 1. The Balaban J connectivity index is 2.44. The largest absolute Gasteiger partial charge is 0.416 e. The standard InChI is InChI=1S/C14H10F3N3/c15-14(16,17)10-3-1-9(2-4-10)11-5-6-13(19)20-12(11)7-8-18/h1-6H,7H2,(H2,19,20). The first kappa shape index (κ1) is 13.9. The van der Waals surface area contributed by atoms with Gasteiger partial charge in [-0.1, -0.05) is 12.1 Å². The molecule has 0 fully saturated rings. The maximum absolute atomic E-state index is 12.5. The van der Waals surface area contributed by atoms with Crippen LogP contribution in [0.15, 0.2) is 36.4 Å². The van der Waals surface area contributed by atoms with Gasteiger partial charge in [-0.25, -0.2) is 4.98 Å². The van der Waals surface area contributed by atoms with E-state index in [1.165, 1.54) is 12.1 Å². The van der Waals surface area contributed by atoms with Crippen molar-refractivity contribution in [2.75, 3.05) is 5.73 Å². The highest BCUT2D eigenvalue weighted by molar-refractivity contribution is 5.67. The molecule has 1 aromatic heterocycles. The third-order valence-corrected chi connectivity index (χ3v) is 2.77. The monoisotopic (exact) mass is 277 g/mol. The SMILES string of the molecule is N#CCc1nc(N)ccc1-c1ccc(C(F)(F)F)cc1. The number of nitrogens with zero attached hydrogens (tertiary/aromatic N) is 2. The third-order valence-electron chi connectivity index (χ3n) is 2.77. The van der Waals surface area contributed by atoms with Gasteiger partial charge in [0.05, 0.1) is 23.7 Å². The molecule has 0 radical (unpaired) electrons. The minimum atomic E-state index is -4.37. The van der Waals surface area contributed by atoms with Gasteiger partial charge < -0.3 is 5.73 Å². The molecule has 1 heterocycles. The summed E-state index contributed by atoms with van der Waals surface area (Å²) in [5.41, 5.74) is 6.45. The normalized spacial score (nSPS) is 11.1. The van der Waals surface area contributed by atoms with Gasteiger partial charge in [-0.2, -0.15) is 18.4 Å². The molecule has 2 N–H and O–H groups in total. The number of aromatic nitrogens is 1. The van der Waals surface area contributed by atoms with Crippen molar-refractivity contribution in [1.82, 2.24) is 4.98 Å².